The molecule has 1 fully saturated rings. The van der Waals surface area contributed by atoms with Crippen molar-refractivity contribution in [3.63, 3.8) is 0 Å². The molecule has 1 atom stereocenters. The van der Waals surface area contributed by atoms with E-state index < -0.39 is 0 Å². The number of imidazole rings is 1. The van der Waals surface area contributed by atoms with Crippen molar-refractivity contribution in [2.45, 2.75) is 25.6 Å². The molecule has 0 aliphatic carbocycles. The molecule has 1 saturated heterocycles. The third-order valence-corrected chi connectivity index (χ3v) is 5.20. The van der Waals surface area contributed by atoms with E-state index in [4.69, 9.17) is 0 Å². The summed E-state index contributed by atoms with van der Waals surface area (Å²) in [4.78, 5) is 14.5. The predicted molar refractivity (Wildman–Crippen MR) is 131 cm³/mol. The van der Waals surface area contributed by atoms with E-state index in [0.29, 0.717) is 18.9 Å². The molecular weight excluding hydrogens is 508 g/mol. The maximum absolute atomic E-state index is 14.0. The van der Waals surface area contributed by atoms with Gasteiger partial charge in [0.25, 0.3) is 0 Å². The fraction of sp³-hybridized carbons (Fsp3) is 0.318. The second kappa shape index (κ2) is 11.1. The molecule has 1 aromatic carbocycles. The molecule has 1 unspecified atom stereocenters. The van der Waals surface area contributed by atoms with Crippen LogP contribution in [-0.2, 0) is 13.1 Å². The van der Waals surface area contributed by atoms with Crippen LogP contribution in [0.1, 0.15) is 17.5 Å². The van der Waals surface area contributed by atoms with Crippen LogP contribution in [0.15, 0.2) is 66.3 Å². The summed E-state index contributed by atoms with van der Waals surface area (Å²) in [5.74, 6) is 0.878. The fourth-order valence-electron chi connectivity index (χ4n) is 3.61. The Bertz CT molecular complexity index is 976. The van der Waals surface area contributed by atoms with Gasteiger partial charge in [-0.15, -0.1) is 24.0 Å². The zero-order valence-electron chi connectivity index (χ0n) is 17.4. The molecule has 0 radical (unpaired) electrons. The molecule has 1 aliphatic rings. The Kier molecular flexibility index (Phi) is 8.21. The molecule has 4 rings (SSSR count). The van der Waals surface area contributed by atoms with Crippen LogP contribution in [0.25, 0.3) is 0 Å². The third kappa shape index (κ3) is 6.16. The van der Waals surface area contributed by atoms with Crippen molar-refractivity contribution in [1.29, 1.82) is 0 Å². The lowest BCUT2D eigenvalue weighted by atomic mass is 10.1. The Balaban J connectivity index is 0.00000272. The highest BCUT2D eigenvalue weighted by molar-refractivity contribution is 14.0. The van der Waals surface area contributed by atoms with E-state index in [0.717, 1.165) is 25.5 Å². The summed E-state index contributed by atoms with van der Waals surface area (Å²) in [6.45, 7) is 2.95. The van der Waals surface area contributed by atoms with Gasteiger partial charge in [-0.05, 0) is 29.7 Å². The van der Waals surface area contributed by atoms with Crippen molar-refractivity contribution >= 4 is 35.8 Å². The number of nitrogens with zero attached hydrogens (tertiary/aromatic N) is 5. The van der Waals surface area contributed by atoms with Gasteiger partial charge in [-0.3, -0.25) is 4.99 Å². The summed E-state index contributed by atoms with van der Waals surface area (Å²) in [7, 11) is 1.76. The molecule has 2 aromatic heterocycles. The number of hydrogen-bond donors (Lipinski definition) is 2. The van der Waals surface area contributed by atoms with Gasteiger partial charge in [-0.2, -0.15) is 0 Å². The number of hydrogen-bond acceptors (Lipinski definition) is 4. The first kappa shape index (κ1) is 23.0. The highest BCUT2D eigenvalue weighted by Crippen LogP contribution is 2.20. The number of anilines is 1. The Morgan fingerprint density at radius 1 is 1.19 bits per heavy atom. The molecule has 1 aliphatic heterocycles. The first-order valence-electron chi connectivity index (χ1n) is 10.1. The Morgan fingerprint density at radius 2 is 2.00 bits per heavy atom. The van der Waals surface area contributed by atoms with Crippen LogP contribution in [0.4, 0.5) is 10.2 Å². The van der Waals surface area contributed by atoms with Crippen molar-refractivity contribution in [3.8, 4) is 0 Å². The maximum atomic E-state index is 14.0. The summed E-state index contributed by atoms with van der Waals surface area (Å²) in [5.41, 5.74) is 2.41. The van der Waals surface area contributed by atoms with E-state index in [9.17, 15) is 4.39 Å². The minimum absolute atomic E-state index is 0. The molecule has 164 valence electrons. The van der Waals surface area contributed by atoms with Gasteiger partial charge in [0.2, 0.25) is 0 Å². The van der Waals surface area contributed by atoms with Crippen molar-refractivity contribution in [3.05, 3.63) is 78.3 Å². The number of benzene rings is 1. The van der Waals surface area contributed by atoms with Crippen LogP contribution < -0.4 is 15.5 Å². The predicted octanol–water partition coefficient (Wildman–Crippen LogP) is 3.03. The number of rotatable bonds is 6. The Labute approximate surface area is 198 Å². The highest BCUT2D eigenvalue weighted by atomic mass is 127. The number of aliphatic imine (C=N–C) groups is 1. The van der Waals surface area contributed by atoms with E-state index >= 15 is 0 Å². The van der Waals surface area contributed by atoms with Crippen LogP contribution in [-0.4, -0.2) is 46.7 Å². The quantitative estimate of drug-likeness (QED) is 0.289. The number of pyridine rings is 1. The summed E-state index contributed by atoms with van der Waals surface area (Å²) in [6, 6.07) is 11.7. The van der Waals surface area contributed by atoms with Crippen molar-refractivity contribution in [2.24, 2.45) is 4.99 Å². The van der Waals surface area contributed by atoms with Gasteiger partial charge in [-0.25, -0.2) is 14.4 Å². The Morgan fingerprint density at radius 3 is 2.71 bits per heavy atom. The van der Waals surface area contributed by atoms with E-state index in [-0.39, 0.29) is 35.8 Å². The van der Waals surface area contributed by atoms with Gasteiger partial charge in [-0.1, -0.05) is 24.3 Å². The molecule has 7 nitrogen and oxygen atoms in total. The summed E-state index contributed by atoms with van der Waals surface area (Å²) >= 11 is 0. The molecule has 9 heteroatoms. The first-order valence-corrected chi connectivity index (χ1v) is 10.1. The molecule has 0 saturated carbocycles. The molecule has 3 heterocycles. The molecule has 31 heavy (non-hydrogen) atoms. The van der Waals surface area contributed by atoms with Gasteiger partial charge >= 0.3 is 0 Å². The molecule has 0 amide bonds. The van der Waals surface area contributed by atoms with Gasteiger partial charge in [0, 0.05) is 57.9 Å². The van der Waals surface area contributed by atoms with Crippen LogP contribution in [0.3, 0.4) is 0 Å². The summed E-state index contributed by atoms with van der Waals surface area (Å²) < 4.78 is 16.0. The highest BCUT2D eigenvalue weighted by Gasteiger charge is 2.25. The topological polar surface area (TPSA) is 70.4 Å². The number of aromatic nitrogens is 3. The van der Waals surface area contributed by atoms with E-state index in [1.54, 1.807) is 25.5 Å². The van der Waals surface area contributed by atoms with Gasteiger partial charge in [0.1, 0.15) is 0 Å². The van der Waals surface area contributed by atoms with Gasteiger partial charge < -0.3 is 20.1 Å². The summed E-state index contributed by atoms with van der Waals surface area (Å²) in [5, 5.41) is 6.79. The van der Waals surface area contributed by atoms with Crippen LogP contribution >= 0.6 is 24.0 Å². The summed E-state index contributed by atoms with van der Waals surface area (Å²) in [6.07, 6.45) is 8.09. The zero-order chi connectivity index (χ0) is 20.8. The van der Waals surface area contributed by atoms with Crippen molar-refractivity contribution in [2.75, 3.05) is 25.0 Å². The van der Waals surface area contributed by atoms with Crippen LogP contribution in [0.5, 0.6) is 0 Å². The lowest BCUT2D eigenvalue weighted by Crippen LogP contribution is -2.44. The van der Waals surface area contributed by atoms with Crippen LogP contribution in [0.2, 0.25) is 0 Å². The molecule has 3 aromatic rings. The van der Waals surface area contributed by atoms with Gasteiger partial charge in [0.05, 0.1) is 6.33 Å². The van der Waals surface area contributed by atoms with E-state index in [2.05, 4.69) is 49.9 Å². The largest absolute Gasteiger partial charge is 0.352 e. The monoisotopic (exact) mass is 535 g/mol. The van der Waals surface area contributed by atoms with E-state index in [1.807, 2.05) is 22.0 Å². The molecular formula is C22H27FIN7. The van der Waals surface area contributed by atoms with Gasteiger partial charge in [0.15, 0.2) is 17.6 Å². The number of guanidine groups is 1. The minimum Gasteiger partial charge on any atom is -0.352 e. The third-order valence-electron chi connectivity index (χ3n) is 5.20. The Hall–Kier alpha value is -2.69. The second-order valence-corrected chi connectivity index (χ2v) is 7.36. The normalized spacial score (nSPS) is 16.1. The molecule has 0 bridgehead atoms. The fourth-order valence-corrected chi connectivity index (χ4v) is 3.61. The minimum atomic E-state index is -0.280. The van der Waals surface area contributed by atoms with Crippen molar-refractivity contribution < 1.29 is 4.39 Å². The average molecular weight is 535 g/mol. The molecule has 2 N–H and O–H groups in total. The second-order valence-electron chi connectivity index (χ2n) is 7.36. The zero-order valence-corrected chi connectivity index (χ0v) is 19.7. The maximum Gasteiger partial charge on any atom is 0.191 e. The standard InChI is InChI=1S/C22H26FN7.HI/c1-24-22(28-19-8-11-30(15-19)21-20(23)3-2-9-26-21)27-13-17-4-6-18(7-5-17)14-29-12-10-25-16-29;/h2-7,9-10,12,16,19H,8,11,13-15H2,1H3,(H2,24,27,28);1H. The smallest absolute Gasteiger partial charge is 0.191 e. The lowest BCUT2D eigenvalue weighted by Gasteiger charge is -2.20. The first-order chi connectivity index (χ1) is 14.7. The SMILES string of the molecule is CN=C(NCc1ccc(Cn2ccnc2)cc1)NC1CCN(c2ncccc2F)C1.I. The van der Waals surface area contributed by atoms with Crippen molar-refractivity contribution in [1.82, 2.24) is 25.2 Å². The average Bonchev–Trinajstić information content (AvgIpc) is 3.45. The lowest BCUT2D eigenvalue weighted by molar-refractivity contribution is 0.612. The number of halogens is 2. The molecule has 0 spiro atoms. The number of nitrogens with one attached hydrogen (secondary N) is 2. The van der Waals surface area contributed by atoms with E-state index in [1.165, 1.54) is 17.2 Å². The van der Waals surface area contributed by atoms with Crippen LogP contribution in [0, 0.1) is 5.82 Å².